The molecule has 0 aliphatic rings. The third kappa shape index (κ3) is 2.82. The van der Waals surface area contributed by atoms with E-state index in [1.165, 1.54) is 0 Å². The van der Waals surface area contributed by atoms with E-state index in [1.54, 1.807) is 0 Å². The largest absolute Gasteiger partial charge is 0.416 e. The highest BCUT2D eigenvalue weighted by molar-refractivity contribution is 7.91. The van der Waals surface area contributed by atoms with Gasteiger partial charge in [-0.3, -0.25) is 0 Å². The quantitative estimate of drug-likeness (QED) is 0.626. The zero-order chi connectivity index (χ0) is 15.0. The van der Waals surface area contributed by atoms with Gasteiger partial charge in [0.05, 0.1) is 15.4 Å². The van der Waals surface area contributed by atoms with Gasteiger partial charge in [0.25, 0.3) is 0 Å². The Bertz CT molecular complexity index is 719. The molecule has 0 radical (unpaired) electrons. The van der Waals surface area contributed by atoms with Crippen molar-refractivity contribution in [2.45, 2.75) is 16.0 Å². The zero-order valence-electron chi connectivity index (χ0n) is 9.86. The first-order valence-electron chi connectivity index (χ1n) is 5.39. The monoisotopic (exact) mass is 304 g/mol. The van der Waals surface area contributed by atoms with Crippen LogP contribution in [0.3, 0.4) is 0 Å². The van der Waals surface area contributed by atoms with Crippen molar-refractivity contribution >= 4 is 9.84 Å². The fourth-order valence-corrected chi connectivity index (χ4v) is 2.90. The standard InChI is InChI=1S/C13H8F4O2S/c14-10-4-6-11(7-5-10)20(18,19)12-3-1-2-9(8-12)13(15,16)17/h1-8H. The molecule has 2 aromatic rings. The molecule has 0 fully saturated rings. The van der Waals surface area contributed by atoms with Crippen LogP contribution in [-0.2, 0) is 16.0 Å². The van der Waals surface area contributed by atoms with E-state index in [0.29, 0.717) is 6.07 Å². The van der Waals surface area contributed by atoms with E-state index in [0.717, 1.165) is 42.5 Å². The van der Waals surface area contributed by atoms with Crippen LogP contribution in [0, 0.1) is 5.82 Å². The van der Waals surface area contributed by atoms with Gasteiger partial charge in [0.15, 0.2) is 0 Å². The third-order valence-corrected chi connectivity index (χ3v) is 4.36. The van der Waals surface area contributed by atoms with Crippen LogP contribution in [-0.4, -0.2) is 8.42 Å². The maximum atomic E-state index is 12.8. The van der Waals surface area contributed by atoms with E-state index in [-0.39, 0.29) is 4.90 Å². The lowest BCUT2D eigenvalue weighted by molar-refractivity contribution is -0.137. The highest BCUT2D eigenvalue weighted by Crippen LogP contribution is 2.31. The minimum Gasteiger partial charge on any atom is -0.219 e. The van der Waals surface area contributed by atoms with Gasteiger partial charge in [-0.1, -0.05) is 6.07 Å². The zero-order valence-corrected chi connectivity index (χ0v) is 10.7. The van der Waals surface area contributed by atoms with Crippen molar-refractivity contribution in [2.75, 3.05) is 0 Å². The third-order valence-electron chi connectivity index (χ3n) is 2.60. The van der Waals surface area contributed by atoms with E-state index in [1.807, 2.05) is 0 Å². The maximum Gasteiger partial charge on any atom is 0.416 e. The summed E-state index contributed by atoms with van der Waals surface area (Å²) in [5.41, 5.74) is -1.05. The molecule has 2 nitrogen and oxygen atoms in total. The smallest absolute Gasteiger partial charge is 0.219 e. The normalized spacial score (nSPS) is 12.4. The molecule has 0 heterocycles. The van der Waals surface area contributed by atoms with Gasteiger partial charge in [0.1, 0.15) is 5.82 Å². The first-order valence-corrected chi connectivity index (χ1v) is 6.87. The molecule has 0 unspecified atom stereocenters. The molecule has 0 N–H and O–H groups in total. The number of hydrogen-bond acceptors (Lipinski definition) is 2. The second-order valence-corrected chi connectivity index (χ2v) is 5.93. The highest BCUT2D eigenvalue weighted by Gasteiger charge is 2.31. The molecule has 7 heteroatoms. The lowest BCUT2D eigenvalue weighted by Gasteiger charge is -2.09. The number of sulfone groups is 1. The Hall–Kier alpha value is -1.89. The van der Waals surface area contributed by atoms with Crippen LogP contribution in [0.25, 0.3) is 0 Å². The molecule has 0 spiro atoms. The minimum absolute atomic E-state index is 0.266. The fraction of sp³-hybridized carbons (Fsp3) is 0.0769. The molecule has 0 saturated heterocycles. The van der Waals surface area contributed by atoms with Crippen molar-refractivity contribution < 1.29 is 26.0 Å². The number of rotatable bonds is 2. The van der Waals surface area contributed by atoms with Crippen molar-refractivity contribution in [1.82, 2.24) is 0 Å². The molecule has 2 aromatic carbocycles. The van der Waals surface area contributed by atoms with Gasteiger partial charge < -0.3 is 0 Å². The van der Waals surface area contributed by atoms with Gasteiger partial charge >= 0.3 is 6.18 Å². The summed E-state index contributed by atoms with van der Waals surface area (Å²) in [6, 6.07) is 7.28. The van der Waals surface area contributed by atoms with Crippen molar-refractivity contribution in [3.63, 3.8) is 0 Å². The Morgan fingerprint density at radius 2 is 1.45 bits per heavy atom. The van der Waals surface area contributed by atoms with Gasteiger partial charge in [-0.25, -0.2) is 12.8 Å². The summed E-state index contributed by atoms with van der Waals surface area (Å²) in [6.07, 6.45) is -4.63. The molecule has 0 aliphatic heterocycles. The summed E-state index contributed by atoms with van der Waals surface area (Å²) in [6.45, 7) is 0. The Morgan fingerprint density at radius 1 is 0.850 bits per heavy atom. The number of hydrogen-bond donors (Lipinski definition) is 0. The van der Waals surface area contributed by atoms with E-state index < -0.39 is 32.3 Å². The van der Waals surface area contributed by atoms with Gasteiger partial charge in [-0.2, -0.15) is 13.2 Å². The van der Waals surface area contributed by atoms with E-state index in [2.05, 4.69) is 0 Å². The molecule has 20 heavy (non-hydrogen) atoms. The average molecular weight is 304 g/mol. The second-order valence-electron chi connectivity index (χ2n) is 3.98. The molecule has 106 valence electrons. The topological polar surface area (TPSA) is 34.1 Å². The Morgan fingerprint density at radius 3 is 2.00 bits per heavy atom. The van der Waals surface area contributed by atoms with Crippen LogP contribution in [0.1, 0.15) is 5.56 Å². The molecule has 2 rings (SSSR count). The van der Waals surface area contributed by atoms with E-state index >= 15 is 0 Å². The van der Waals surface area contributed by atoms with Crippen molar-refractivity contribution in [2.24, 2.45) is 0 Å². The van der Waals surface area contributed by atoms with Crippen LogP contribution >= 0.6 is 0 Å². The van der Waals surface area contributed by atoms with Gasteiger partial charge in [-0.15, -0.1) is 0 Å². The lowest BCUT2D eigenvalue weighted by atomic mass is 10.2. The summed E-state index contributed by atoms with van der Waals surface area (Å²) >= 11 is 0. The number of alkyl halides is 3. The SMILES string of the molecule is O=S(=O)(c1ccc(F)cc1)c1cccc(C(F)(F)F)c1. The molecule has 0 aromatic heterocycles. The molecular weight excluding hydrogens is 296 g/mol. The molecular formula is C13H8F4O2S. The van der Waals surface area contributed by atoms with Crippen LogP contribution in [0.2, 0.25) is 0 Å². The fourth-order valence-electron chi connectivity index (χ4n) is 1.59. The highest BCUT2D eigenvalue weighted by atomic mass is 32.2. The Balaban J connectivity index is 2.53. The first kappa shape index (κ1) is 14.5. The summed E-state index contributed by atoms with van der Waals surface area (Å²) < 4.78 is 74.7. The number of halogens is 4. The van der Waals surface area contributed by atoms with Crippen molar-refractivity contribution in [3.05, 3.63) is 59.9 Å². The van der Waals surface area contributed by atoms with Gasteiger partial charge in [0, 0.05) is 0 Å². The average Bonchev–Trinajstić information content (AvgIpc) is 2.38. The molecule has 0 saturated carbocycles. The van der Waals surface area contributed by atoms with Crippen LogP contribution in [0.4, 0.5) is 17.6 Å². The summed E-state index contributed by atoms with van der Waals surface area (Å²) in [7, 11) is -4.11. The van der Waals surface area contributed by atoms with Crippen molar-refractivity contribution in [3.8, 4) is 0 Å². The van der Waals surface area contributed by atoms with Gasteiger partial charge in [-0.05, 0) is 42.5 Å². The van der Waals surface area contributed by atoms with Crippen LogP contribution < -0.4 is 0 Å². The van der Waals surface area contributed by atoms with E-state index in [9.17, 15) is 26.0 Å². The van der Waals surface area contributed by atoms with Crippen molar-refractivity contribution in [1.29, 1.82) is 0 Å². The Labute approximate surface area is 112 Å². The summed E-state index contributed by atoms with van der Waals surface area (Å²) in [5.74, 6) is -0.631. The number of benzene rings is 2. The minimum atomic E-state index is -4.63. The molecule has 0 aliphatic carbocycles. The Kier molecular flexibility index (Phi) is 3.56. The predicted octanol–water partition coefficient (Wildman–Crippen LogP) is 3.68. The maximum absolute atomic E-state index is 12.8. The summed E-state index contributed by atoms with van der Waals surface area (Å²) in [5, 5.41) is 0. The second kappa shape index (κ2) is 4.90. The van der Waals surface area contributed by atoms with Crippen LogP contribution in [0.5, 0.6) is 0 Å². The van der Waals surface area contributed by atoms with Gasteiger partial charge in [0.2, 0.25) is 9.84 Å². The molecule has 0 atom stereocenters. The van der Waals surface area contributed by atoms with E-state index in [4.69, 9.17) is 0 Å². The lowest BCUT2D eigenvalue weighted by Crippen LogP contribution is -2.08. The first-order chi connectivity index (χ1) is 9.21. The van der Waals surface area contributed by atoms with Crippen LogP contribution in [0.15, 0.2) is 58.3 Å². The molecule has 0 bridgehead atoms. The predicted molar refractivity (Wildman–Crippen MR) is 63.3 cm³/mol. The molecule has 0 amide bonds. The summed E-state index contributed by atoms with van der Waals surface area (Å²) in [4.78, 5) is -0.753.